The molecule has 2 amide bonds. The van der Waals surface area contributed by atoms with E-state index >= 15 is 0 Å². The number of nitrogens with zero attached hydrogens (tertiary/aromatic N) is 1. The molecule has 3 aromatic carbocycles. The number of anilines is 2. The second-order valence-electron chi connectivity index (χ2n) is 10.0. The lowest BCUT2D eigenvalue weighted by molar-refractivity contribution is -0.116. The maximum absolute atomic E-state index is 13.1. The summed E-state index contributed by atoms with van der Waals surface area (Å²) in [6.45, 7) is 5.76. The van der Waals surface area contributed by atoms with Crippen molar-refractivity contribution >= 4 is 23.2 Å². The van der Waals surface area contributed by atoms with Crippen LogP contribution in [0.2, 0.25) is 0 Å². The zero-order valence-corrected chi connectivity index (χ0v) is 21.4. The Kier molecular flexibility index (Phi) is 8.77. The molecule has 5 nitrogen and oxygen atoms in total. The topological polar surface area (TPSA) is 61.4 Å². The predicted molar refractivity (Wildman–Crippen MR) is 148 cm³/mol. The van der Waals surface area contributed by atoms with Crippen molar-refractivity contribution in [2.24, 2.45) is 5.92 Å². The average Bonchev–Trinajstić information content (AvgIpc) is 2.89. The Morgan fingerprint density at radius 2 is 1.53 bits per heavy atom. The summed E-state index contributed by atoms with van der Waals surface area (Å²) in [5.41, 5.74) is 4.74. The highest BCUT2D eigenvalue weighted by Gasteiger charge is 2.24. The number of rotatable bonds is 9. The third-order valence-electron chi connectivity index (χ3n) is 6.75. The molecule has 0 saturated carbocycles. The number of hydrogen-bond acceptors (Lipinski definition) is 3. The minimum Gasteiger partial charge on any atom is -0.371 e. The van der Waals surface area contributed by atoms with Crippen LogP contribution in [0.3, 0.4) is 0 Å². The van der Waals surface area contributed by atoms with Gasteiger partial charge >= 0.3 is 0 Å². The highest BCUT2D eigenvalue weighted by atomic mass is 16.2. The van der Waals surface area contributed by atoms with Crippen molar-refractivity contribution in [3.05, 3.63) is 95.6 Å². The lowest BCUT2D eigenvalue weighted by Gasteiger charge is -2.35. The molecule has 2 N–H and O–H groups in total. The summed E-state index contributed by atoms with van der Waals surface area (Å²) in [6, 6.07) is 26.4. The van der Waals surface area contributed by atoms with Crippen molar-refractivity contribution in [3.63, 3.8) is 0 Å². The largest absolute Gasteiger partial charge is 0.371 e. The number of hydrogen-bond donors (Lipinski definition) is 2. The van der Waals surface area contributed by atoms with Crippen LogP contribution in [0.15, 0.2) is 78.9 Å². The maximum Gasteiger partial charge on any atom is 0.253 e. The molecule has 3 aromatic rings. The van der Waals surface area contributed by atoms with Gasteiger partial charge in [0.05, 0.1) is 5.56 Å². The Morgan fingerprint density at radius 3 is 2.17 bits per heavy atom. The van der Waals surface area contributed by atoms with E-state index in [0.717, 1.165) is 43.6 Å². The minimum absolute atomic E-state index is 0.0334. The Hall–Kier alpha value is -3.60. The SMILES string of the molecule is CC(C)NC(=O)c1cc(NC(=O)CCc2ccccc2)ccc1N1CCC(Cc2ccccc2)CC1. The van der Waals surface area contributed by atoms with E-state index in [1.807, 2.05) is 62.4 Å². The van der Waals surface area contributed by atoms with Crippen LogP contribution in [-0.4, -0.2) is 30.9 Å². The van der Waals surface area contributed by atoms with E-state index in [2.05, 4.69) is 45.9 Å². The Bertz CT molecular complexity index is 1140. The molecule has 0 atom stereocenters. The van der Waals surface area contributed by atoms with E-state index in [9.17, 15) is 9.59 Å². The first-order chi connectivity index (χ1) is 17.5. The second kappa shape index (κ2) is 12.4. The van der Waals surface area contributed by atoms with Gasteiger partial charge < -0.3 is 15.5 Å². The summed E-state index contributed by atoms with van der Waals surface area (Å²) < 4.78 is 0. The third-order valence-corrected chi connectivity index (χ3v) is 6.75. The molecule has 188 valence electrons. The van der Waals surface area contributed by atoms with Gasteiger partial charge in [0.2, 0.25) is 5.91 Å². The van der Waals surface area contributed by atoms with Crippen molar-refractivity contribution in [2.75, 3.05) is 23.3 Å². The molecule has 0 aliphatic carbocycles. The molecule has 0 radical (unpaired) electrons. The van der Waals surface area contributed by atoms with Gasteiger partial charge in [0.1, 0.15) is 0 Å². The van der Waals surface area contributed by atoms with Crippen LogP contribution in [0.4, 0.5) is 11.4 Å². The zero-order valence-electron chi connectivity index (χ0n) is 21.4. The van der Waals surface area contributed by atoms with Gasteiger partial charge in [-0.15, -0.1) is 0 Å². The van der Waals surface area contributed by atoms with E-state index in [-0.39, 0.29) is 17.9 Å². The van der Waals surface area contributed by atoms with Crippen LogP contribution in [0.5, 0.6) is 0 Å². The summed E-state index contributed by atoms with van der Waals surface area (Å²) in [4.78, 5) is 28.0. The number of nitrogens with one attached hydrogen (secondary N) is 2. The van der Waals surface area contributed by atoms with Gasteiger partial charge in [-0.1, -0.05) is 60.7 Å². The highest BCUT2D eigenvalue weighted by Crippen LogP contribution is 2.30. The van der Waals surface area contributed by atoms with Crippen LogP contribution < -0.4 is 15.5 Å². The first-order valence-electron chi connectivity index (χ1n) is 13.1. The molecule has 1 aliphatic rings. The van der Waals surface area contributed by atoms with Gasteiger partial charge in [0.25, 0.3) is 5.91 Å². The number of benzene rings is 3. The molecule has 4 rings (SSSR count). The van der Waals surface area contributed by atoms with Gasteiger partial charge in [0, 0.05) is 36.9 Å². The van der Waals surface area contributed by atoms with Crippen LogP contribution >= 0.6 is 0 Å². The molecule has 1 fully saturated rings. The van der Waals surface area contributed by atoms with Crippen LogP contribution in [0, 0.1) is 5.92 Å². The highest BCUT2D eigenvalue weighted by molar-refractivity contribution is 6.02. The van der Waals surface area contributed by atoms with E-state index in [0.29, 0.717) is 30.0 Å². The summed E-state index contributed by atoms with van der Waals surface area (Å²) >= 11 is 0. The minimum atomic E-state index is -0.105. The van der Waals surface area contributed by atoms with Crippen molar-refractivity contribution in [2.45, 2.75) is 52.0 Å². The molecule has 1 heterocycles. The molecule has 0 unspecified atom stereocenters. The lowest BCUT2D eigenvalue weighted by atomic mass is 9.89. The monoisotopic (exact) mass is 483 g/mol. The smallest absolute Gasteiger partial charge is 0.253 e. The maximum atomic E-state index is 13.1. The first kappa shape index (κ1) is 25.5. The quantitative estimate of drug-likeness (QED) is 0.401. The summed E-state index contributed by atoms with van der Waals surface area (Å²) in [6.07, 6.45) is 4.37. The molecular formula is C31H37N3O2. The van der Waals surface area contributed by atoms with Gasteiger partial charge in [-0.25, -0.2) is 0 Å². The number of piperidine rings is 1. The first-order valence-corrected chi connectivity index (χ1v) is 13.1. The normalized spacial score (nSPS) is 14.0. The van der Waals surface area contributed by atoms with E-state index in [1.54, 1.807) is 0 Å². The molecule has 1 aliphatic heterocycles. The van der Waals surface area contributed by atoms with E-state index in [4.69, 9.17) is 0 Å². The molecule has 1 saturated heterocycles. The fourth-order valence-electron chi connectivity index (χ4n) is 4.86. The van der Waals surface area contributed by atoms with Crippen LogP contribution in [-0.2, 0) is 17.6 Å². The average molecular weight is 484 g/mol. The molecule has 5 heteroatoms. The van der Waals surface area contributed by atoms with Gasteiger partial charge in [-0.3, -0.25) is 9.59 Å². The molecule has 0 spiro atoms. The van der Waals surface area contributed by atoms with Crippen molar-refractivity contribution in [1.82, 2.24) is 5.32 Å². The predicted octanol–water partition coefficient (Wildman–Crippen LogP) is 5.86. The van der Waals surface area contributed by atoms with Gasteiger partial charge in [-0.2, -0.15) is 0 Å². The standard InChI is InChI=1S/C31H37N3O2/c1-23(2)32-31(36)28-22-27(33-30(35)16-13-24-9-5-3-6-10-24)14-15-29(28)34-19-17-26(18-20-34)21-25-11-7-4-8-12-25/h3-12,14-15,22-23,26H,13,16-21H2,1-2H3,(H,32,36)(H,33,35). The fraction of sp³-hybridized carbons (Fsp3) is 0.355. The summed E-state index contributed by atoms with van der Waals surface area (Å²) in [5, 5.41) is 6.02. The van der Waals surface area contributed by atoms with E-state index < -0.39 is 0 Å². The number of aryl methyl sites for hydroxylation is 1. The number of carbonyl (C=O) groups excluding carboxylic acids is 2. The zero-order chi connectivity index (χ0) is 25.3. The fourth-order valence-corrected chi connectivity index (χ4v) is 4.86. The van der Waals surface area contributed by atoms with Crippen molar-refractivity contribution in [1.29, 1.82) is 0 Å². The number of amides is 2. The van der Waals surface area contributed by atoms with Crippen molar-refractivity contribution < 1.29 is 9.59 Å². The Labute approximate surface area is 214 Å². The Morgan fingerprint density at radius 1 is 0.889 bits per heavy atom. The van der Waals surface area contributed by atoms with Crippen LogP contribution in [0.1, 0.15) is 54.6 Å². The van der Waals surface area contributed by atoms with E-state index in [1.165, 1.54) is 5.56 Å². The summed E-state index contributed by atoms with van der Waals surface area (Å²) in [7, 11) is 0. The number of carbonyl (C=O) groups is 2. The summed E-state index contributed by atoms with van der Waals surface area (Å²) in [5.74, 6) is 0.495. The third kappa shape index (κ3) is 7.20. The molecule has 36 heavy (non-hydrogen) atoms. The molecule has 0 aromatic heterocycles. The molecule has 0 bridgehead atoms. The van der Waals surface area contributed by atoms with Crippen LogP contribution in [0.25, 0.3) is 0 Å². The van der Waals surface area contributed by atoms with Gasteiger partial charge in [0.15, 0.2) is 0 Å². The van der Waals surface area contributed by atoms with Gasteiger partial charge in [-0.05, 0) is 74.8 Å². The molecular weight excluding hydrogens is 446 g/mol. The Balaban J connectivity index is 1.42. The lowest BCUT2D eigenvalue weighted by Crippen LogP contribution is -2.37. The second-order valence-corrected chi connectivity index (χ2v) is 10.0. The van der Waals surface area contributed by atoms with Crippen molar-refractivity contribution in [3.8, 4) is 0 Å².